The minimum Gasteiger partial charge on any atom is -0.271 e. The number of rotatable bonds is 11. The largest absolute Gasteiger partial charge is 0.271 e. The number of unbranched alkanes of at least 4 members (excludes halogenated alkanes) is 7. The van der Waals surface area contributed by atoms with Gasteiger partial charge >= 0.3 is 0 Å². The fraction of sp³-hybridized carbons (Fsp3) is 0.647. The van der Waals surface area contributed by atoms with Crippen molar-refractivity contribution in [1.82, 2.24) is 5.43 Å². The van der Waals surface area contributed by atoms with E-state index in [0.29, 0.717) is 0 Å². The van der Waals surface area contributed by atoms with Crippen LogP contribution in [0.1, 0.15) is 76.3 Å². The molecule has 3 N–H and O–H groups in total. The predicted molar refractivity (Wildman–Crippen MR) is 99.1 cm³/mol. The van der Waals surface area contributed by atoms with E-state index in [-0.39, 0.29) is 6.04 Å². The van der Waals surface area contributed by atoms with Crippen LogP contribution in [0.25, 0.3) is 0 Å². The summed E-state index contributed by atoms with van der Waals surface area (Å²) in [5.41, 5.74) is 4.19. The van der Waals surface area contributed by atoms with E-state index in [2.05, 4.69) is 56.3 Å². The molecule has 2 nitrogen and oxygen atoms in total. The summed E-state index contributed by atoms with van der Waals surface area (Å²) in [5.74, 6) is 5.73. The molecule has 0 amide bonds. The van der Waals surface area contributed by atoms with Crippen LogP contribution in [0.4, 0.5) is 0 Å². The lowest BCUT2D eigenvalue weighted by atomic mass is 10.00. The Kier molecular flexibility index (Phi) is 10.6. The smallest absolute Gasteiger partial charge is 0.0471 e. The summed E-state index contributed by atoms with van der Waals surface area (Å²) in [5, 5.41) is 0. The van der Waals surface area contributed by atoms with Gasteiger partial charge in [0.2, 0.25) is 0 Å². The van der Waals surface area contributed by atoms with Gasteiger partial charge in [-0.1, -0.05) is 90.2 Å². The number of hydrogen-bond acceptors (Lipinski definition) is 2. The van der Waals surface area contributed by atoms with Gasteiger partial charge in [-0.15, -0.1) is 0 Å². The normalized spacial score (nSPS) is 12.6. The van der Waals surface area contributed by atoms with Gasteiger partial charge < -0.3 is 0 Å². The van der Waals surface area contributed by atoms with Crippen LogP contribution in [0.5, 0.6) is 0 Å². The van der Waals surface area contributed by atoms with E-state index in [0.717, 1.165) is 15.4 Å². The van der Waals surface area contributed by atoms with Crippen molar-refractivity contribution in [2.75, 3.05) is 0 Å². The summed E-state index contributed by atoms with van der Waals surface area (Å²) >= 11 is 7.14. The van der Waals surface area contributed by atoms with Crippen molar-refractivity contribution in [3.8, 4) is 0 Å². The van der Waals surface area contributed by atoms with Crippen LogP contribution in [0, 0.1) is 0 Å². The minimum absolute atomic E-state index is 0.219. The molecule has 4 heteroatoms. The van der Waals surface area contributed by atoms with E-state index in [1.807, 2.05) is 6.07 Å². The van der Waals surface area contributed by atoms with Crippen molar-refractivity contribution < 1.29 is 0 Å². The number of nitrogens with one attached hydrogen (secondary N) is 1. The van der Waals surface area contributed by atoms with Crippen molar-refractivity contribution in [3.63, 3.8) is 0 Å². The maximum Gasteiger partial charge on any atom is 0.0471 e. The first-order valence-corrected chi connectivity index (χ1v) is 9.68. The van der Waals surface area contributed by atoms with Gasteiger partial charge in [-0.2, -0.15) is 0 Å². The maximum atomic E-state index is 5.73. The Morgan fingerprint density at radius 2 is 1.62 bits per heavy atom. The van der Waals surface area contributed by atoms with E-state index in [4.69, 9.17) is 5.84 Å². The standard InChI is InChI=1S/C17H28Br2N2/c1-2-3-4-5-6-7-8-9-10-17(21-20)15-13-14(18)11-12-16(15)19/h11-13,17,21H,2-10,20H2,1H3. The van der Waals surface area contributed by atoms with Gasteiger partial charge in [-0.05, 0) is 30.2 Å². The van der Waals surface area contributed by atoms with Crippen molar-refractivity contribution in [2.45, 2.75) is 70.8 Å². The lowest BCUT2D eigenvalue weighted by molar-refractivity contribution is 0.473. The predicted octanol–water partition coefficient (Wildman–Crippen LogP) is 6.25. The van der Waals surface area contributed by atoms with Gasteiger partial charge in [0.15, 0.2) is 0 Å². The van der Waals surface area contributed by atoms with E-state index >= 15 is 0 Å². The summed E-state index contributed by atoms with van der Waals surface area (Å²) in [7, 11) is 0. The monoisotopic (exact) mass is 418 g/mol. The molecule has 1 aromatic carbocycles. The molecule has 0 aliphatic carbocycles. The number of benzene rings is 1. The van der Waals surface area contributed by atoms with Crippen LogP contribution < -0.4 is 11.3 Å². The van der Waals surface area contributed by atoms with Crippen LogP contribution in [-0.4, -0.2) is 0 Å². The number of hydrazine groups is 1. The lowest BCUT2D eigenvalue weighted by Crippen LogP contribution is -2.28. The molecular weight excluding hydrogens is 392 g/mol. The Hall–Kier alpha value is 0.1000. The molecule has 0 saturated carbocycles. The van der Waals surface area contributed by atoms with E-state index < -0.39 is 0 Å². The summed E-state index contributed by atoms with van der Waals surface area (Å²) in [6.07, 6.45) is 11.8. The third-order valence-corrected chi connectivity index (χ3v) is 5.10. The lowest BCUT2D eigenvalue weighted by Gasteiger charge is -2.18. The highest BCUT2D eigenvalue weighted by molar-refractivity contribution is 9.11. The molecule has 0 aliphatic heterocycles. The second kappa shape index (κ2) is 11.6. The highest BCUT2D eigenvalue weighted by Gasteiger charge is 2.13. The molecule has 1 atom stereocenters. The maximum absolute atomic E-state index is 5.73. The highest BCUT2D eigenvalue weighted by Crippen LogP contribution is 2.29. The molecule has 0 fully saturated rings. The molecule has 0 aliphatic rings. The quantitative estimate of drug-likeness (QED) is 0.252. The fourth-order valence-corrected chi connectivity index (χ4v) is 3.49. The number of halogens is 2. The first-order valence-electron chi connectivity index (χ1n) is 8.10. The molecule has 1 rings (SSSR count). The summed E-state index contributed by atoms with van der Waals surface area (Å²) in [4.78, 5) is 0. The Morgan fingerprint density at radius 1 is 1.00 bits per heavy atom. The average Bonchev–Trinajstić information content (AvgIpc) is 2.49. The van der Waals surface area contributed by atoms with E-state index in [1.165, 1.54) is 56.9 Å². The Balaban J connectivity index is 2.27. The van der Waals surface area contributed by atoms with Gasteiger partial charge in [0.1, 0.15) is 0 Å². The molecule has 21 heavy (non-hydrogen) atoms. The zero-order valence-corrected chi connectivity index (χ0v) is 16.2. The van der Waals surface area contributed by atoms with Crippen molar-refractivity contribution >= 4 is 31.9 Å². The van der Waals surface area contributed by atoms with Gasteiger partial charge in [0.25, 0.3) is 0 Å². The molecule has 0 bridgehead atoms. The molecule has 1 unspecified atom stereocenters. The molecule has 0 spiro atoms. The van der Waals surface area contributed by atoms with Gasteiger partial charge in [0, 0.05) is 15.0 Å². The average molecular weight is 420 g/mol. The van der Waals surface area contributed by atoms with Gasteiger partial charge in [-0.25, -0.2) is 0 Å². The van der Waals surface area contributed by atoms with Crippen LogP contribution in [0.15, 0.2) is 27.1 Å². The molecule has 0 heterocycles. The van der Waals surface area contributed by atoms with E-state index in [1.54, 1.807) is 0 Å². The van der Waals surface area contributed by atoms with Crippen LogP contribution in [-0.2, 0) is 0 Å². The first-order chi connectivity index (χ1) is 10.2. The minimum atomic E-state index is 0.219. The molecule has 1 aromatic rings. The third kappa shape index (κ3) is 7.78. The summed E-state index contributed by atoms with van der Waals surface area (Å²) < 4.78 is 2.21. The Labute approximate surface area is 146 Å². The topological polar surface area (TPSA) is 38.0 Å². The van der Waals surface area contributed by atoms with Gasteiger partial charge in [0.05, 0.1) is 0 Å². The molecule has 0 saturated heterocycles. The van der Waals surface area contributed by atoms with Crippen LogP contribution in [0.2, 0.25) is 0 Å². The zero-order valence-electron chi connectivity index (χ0n) is 13.0. The number of nitrogens with two attached hydrogens (primary N) is 1. The van der Waals surface area contributed by atoms with E-state index in [9.17, 15) is 0 Å². The van der Waals surface area contributed by atoms with Crippen molar-refractivity contribution in [1.29, 1.82) is 0 Å². The van der Waals surface area contributed by atoms with Crippen LogP contribution in [0.3, 0.4) is 0 Å². The summed E-state index contributed by atoms with van der Waals surface area (Å²) in [6, 6.07) is 6.46. The van der Waals surface area contributed by atoms with Crippen molar-refractivity contribution in [2.24, 2.45) is 5.84 Å². The van der Waals surface area contributed by atoms with Gasteiger partial charge in [-0.3, -0.25) is 11.3 Å². The Morgan fingerprint density at radius 3 is 2.24 bits per heavy atom. The Bertz CT molecular complexity index is 396. The third-order valence-electron chi connectivity index (χ3n) is 3.88. The highest BCUT2D eigenvalue weighted by atomic mass is 79.9. The second-order valence-corrected chi connectivity index (χ2v) is 7.42. The number of hydrogen-bond donors (Lipinski definition) is 2. The second-order valence-electron chi connectivity index (χ2n) is 5.65. The summed E-state index contributed by atoms with van der Waals surface area (Å²) in [6.45, 7) is 2.26. The molecule has 120 valence electrons. The molecule has 0 aromatic heterocycles. The first kappa shape index (κ1) is 19.1. The molecule has 0 radical (unpaired) electrons. The van der Waals surface area contributed by atoms with Crippen LogP contribution >= 0.6 is 31.9 Å². The fourth-order valence-electron chi connectivity index (χ4n) is 2.59. The van der Waals surface area contributed by atoms with Crippen molar-refractivity contribution in [3.05, 3.63) is 32.7 Å². The molecular formula is C17H28Br2N2. The SMILES string of the molecule is CCCCCCCCCCC(NN)c1cc(Br)ccc1Br. The zero-order chi connectivity index (χ0) is 15.5.